The highest BCUT2D eigenvalue weighted by atomic mass is 15.1. The summed E-state index contributed by atoms with van der Waals surface area (Å²) < 4.78 is 0. The fraction of sp³-hybridized carbons (Fsp3) is 0.101. The van der Waals surface area contributed by atoms with Gasteiger partial charge >= 0.3 is 0 Å². The van der Waals surface area contributed by atoms with Gasteiger partial charge in [-0.05, 0) is 183 Å². The van der Waals surface area contributed by atoms with E-state index in [0.29, 0.717) is 11.8 Å². The van der Waals surface area contributed by atoms with Crippen molar-refractivity contribution in [3.05, 3.63) is 281 Å². The molecule has 0 radical (unpaired) electrons. The zero-order valence-electron chi connectivity index (χ0n) is 40.1. The Morgan fingerprint density at radius 2 is 0.800 bits per heavy atom. The Hall–Kier alpha value is -8.26. The molecule has 1 atom stereocenters. The molecular weight excluding hydrogens is 843 g/mol. The van der Waals surface area contributed by atoms with Crippen molar-refractivity contribution in [1.29, 1.82) is 0 Å². The quantitative estimate of drug-likeness (QED) is 0.109. The third-order valence-corrected chi connectivity index (χ3v) is 15.4. The largest absolute Gasteiger partial charge is 0.310 e. The summed E-state index contributed by atoms with van der Waals surface area (Å²) in [5.41, 5.74) is 20.7. The van der Waals surface area contributed by atoms with E-state index in [1.54, 1.807) is 0 Å². The van der Waals surface area contributed by atoms with Crippen LogP contribution in [-0.2, 0) is 5.41 Å². The number of para-hydroxylation sites is 1. The van der Waals surface area contributed by atoms with Crippen LogP contribution in [-0.4, -0.2) is 0 Å². The Morgan fingerprint density at radius 3 is 1.44 bits per heavy atom. The molecule has 0 heterocycles. The van der Waals surface area contributed by atoms with E-state index in [0.717, 1.165) is 17.1 Å². The maximum Gasteiger partial charge on any atom is 0.0726 e. The van der Waals surface area contributed by atoms with E-state index >= 15 is 0 Å². The molecule has 70 heavy (non-hydrogen) atoms. The molecule has 13 rings (SSSR count). The average Bonchev–Trinajstić information content (AvgIpc) is 3.86. The molecule has 0 N–H and O–H groups in total. The molecule has 0 saturated carbocycles. The van der Waals surface area contributed by atoms with Crippen molar-refractivity contribution in [3.8, 4) is 22.3 Å². The highest BCUT2D eigenvalue weighted by Crippen LogP contribution is 2.64. The number of anilines is 3. The zero-order valence-corrected chi connectivity index (χ0v) is 40.1. The van der Waals surface area contributed by atoms with Gasteiger partial charge in [0.2, 0.25) is 0 Å². The maximum atomic E-state index is 2.58. The molecule has 1 heteroatoms. The Morgan fingerprint density at radius 1 is 0.343 bits per heavy atom. The number of benzene rings is 11. The van der Waals surface area contributed by atoms with Gasteiger partial charge in [-0.3, -0.25) is 0 Å². The smallest absolute Gasteiger partial charge is 0.0726 e. The molecule has 0 bridgehead atoms. The summed E-state index contributed by atoms with van der Waals surface area (Å²) in [4.78, 5) is 2.44. The summed E-state index contributed by atoms with van der Waals surface area (Å²) in [7, 11) is 0. The molecule has 0 saturated heterocycles. The molecular formula is C69H53N. The van der Waals surface area contributed by atoms with Crippen LogP contribution < -0.4 is 4.90 Å². The highest BCUT2D eigenvalue weighted by Gasteiger charge is 2.52. The predicted molar refractivity (Wildman–Crippen MR) is 298 cm³/mol. The van der Waals surface area contributed by atoms with Gasteiger partial charge in [0.25, 0.3) is 0 Å². The van der Waals surface area contributed by atoms with Gasteiger partial charge in [0.15, 0.2) is 0 Å². The lowest BCUT2D eigenvalue weighted by Gasteiger charge is -2.32. The molecule has 2 aliphatic rings. The van der Waals surface area contributed by atoms with Crippen molar-refractivity contribution in [2.24, 2.45) is 0 Å². The molecule has 1 nitrogen and oxygen atoms in total. The second-order valence-electron chi connectivity index (χ2n) is 20.0. The minimum atomic E-state index is -0.618. The summed E-state index contributed by atoms with van der Waals surface area (Å²) in [6.07, 6.45) is 2.42. The van der Waals surface area contributed by atoms with Crippen molar-refractivity contribution in [2.75, 3.05) is 4.90 Å². The second kappa shape index (κ2) is 16.5. The van der Waals surface area contributed by atoms with E-state index in [-0.39, 0.29) is 0 Å². The standard InChI is InChI=1S/C69H53N/c1-44(2)47-28-30-50(31-29-47)61(49-17-7-5-8-18-49)39-46-27-37-59-60-38-36-53(70(51-19-9-6-10-20-51)52-34-32-48(33-35-52)45(3)4)41-67(60)69(66(59)40-46)65-26-16-15-25-58(65)64-42-62-56-23-13-11-21-54(56)55-22-12-14-24-57(55)63(62)43-68(64)69/h5-45H,1-4H3/b61-39+. The Balaban J connectivity index is 1.11. The van der Waals surface area contributed by atoms with Gasteiger partial charge in [-0.25, -0.2) is 0 Å². The molecule has 2 aliphatic carbocycles. The van der Waals surface area contributed by atoms with Crippen molar-refractivity contribution < 1.29 is 0 Å². The van der Waals surface area contributed by atoms with Crippen LogP contribution in [0.15, 0.2) is 231 Å². The van der Waals surface area contributed by atoms with Gasteiger partial charge in [0.1, 0.15) is 0 Å². The summed E-state index contributed by atoms with van der Waals surface area (Å²) in [6, 6.07) is 87.0. The molecule has 0 aliphatic heterocycles. The molecule has 0 fully saturated rings. The Labute approximate surface area is 411 Å². The molecule has 0 aromatic heterocycles. The number of hydrogen-bond acceptors (Lipinski definition) is 1. The third-order valence-electron chi connectivity index (χ3n) is 15.4. The van der Waals surface area contributed by atoms with E-state index in [9.17, 15) is 0 Å². The lowest BCUT2D eigenvalue weighted by Crippen LogP contribution is -2.26. The fourth-order valence-electron chi connectivity index (χ4n) is 12.0. The minimum Gasteiger partial charge on any atom is -0.310 e. The predicted octanol–water partition coefficient (Wildman–Crippen LogP) is 18.8. The van der Waals surface area contributed by atoms with E-state index in [1.807, 2.05) is 0 Å². The van der Waals surface area contributed by atoms with Crippen LogP contribution in [0.3, 0.4) is 0 Å². The van der Waals surface area contributed by atoms with Gasteiger partial charge in [0.05, 0.1) is 5.41 Å². The molecule has 11 aromatic carbocycles. The van der Waals surface area contributed by atoms with Gasteiger partial charge in [0, 0.05) is 17.1 Å². The molecule has 1 unspecified atom stereocenters. The van der Waals surface area contributed by atoms with Crippen LogP contribution in [0.2, 0.25) is 0 Å². The van der Waals surface area contributed by atoms with Crippen LogP contribution in [0.4, 0.5) is 17.1 Å². The number of rotatable bonds is 8. The zero-order chi connectivity index (χ0) is 47.1. The van der Waals surface area contributed by atoms with Crippen LogP contribution in [0.25, 0.3) is 66.2 Å². The first kappa shape index (κ1) is 41.9. The SMILES string of the molecule is CC(C)c1ccc(/C(=C/c2ccc3c(c2)C2(c4ccccc4-c4cc5c6ccccc6c6ccccc6c5cc42)c2cc(N(c4ccccc4)c4ccc(C(C)C)cc4)ccc2-3)c2ccccc2)cc1. The molecule has 0 amide bonds. The van der Waals surface area contributed by atoms with Crippen LogP contribution in [0.5, 0.6) is 0 Å². The van der Waals surface area contributed by atoms with Gasteiger partial charge in [-0.15, -0.1) is 0 Å². The monoisotopic (exact) mass is 895 g/mol. The fourth-order valence-corrected chi connectivity index (χ4v) is 12.0. The second-order valence-corrected chi connectivity index (χ2v) is 20.0. The topological polar surface area (TPSA) is 3.24 Å². The van der Waals surface area contributed by atoms with E-state index in [2.05, 4.69) is 269 Å². The van der Waals surface area contributed by atoms with Gasteiger partial charge in [-0.1, -0.05) is 204 Å². The lowest BCUT2D eigenvalue weighted by molar-refractivity contribution is 0.794. The first-order valence-corrected chi connectivity index (χ1v) is 25.0. The average molecular weight is 896 g/mol. The molecule has 334 valence electrons. The Kier molecular flexibility index (Phi) is 9.85. The van der Waals surface area contributed by atoms with E-state index in [1.165, 1.54) is 110 Å². The number of fused-ring (bicyclic) bond motifs is 16. The first-order valence-electron chi connectivity index (χ1n) is 25.0. The first-order chi connectivity index (χ1) is 34.4. The van der Waals surface area contributed by atoms with Gasteiger partial charge < -0.3 is 4.90 Å². The minimum absolute atomic E-state index is 0.445. The summed E-state index contributed by atoms with van der Waals surface area (Å²) >= 11 is 0. The van der Waals surface area contributed by atoms with E-state index in [4.69, 9.17) is 0 Å². The molecule has 11 aromatic rings. The van der Waals surface area contributed by atoms with Crippen LogP contribution >= 0.6 is 0 Å². The maximum absolute atomic E-state index is 2.58. The van der Waals surface area contributed by atoms with Crippen molar-refractivity contribution in [3.63, 3.8) is 0 Å². The molecule has 1 spiro atoms. The number of hydrogen-bond donors (Lipinski definition) is 0. The lowest BCUT2D eigenvalue weighted by atomic mass is 9.70. The Bertz CT molecular complexity index is 3860. The van der Waals surface area contributed by atoms with Crippen molar-refractivity contribution in [2.45, 2.75) is 44.9 Å². The van der Waals surface area contributed by atoms with Crippen LogP contribution in [0.1, 0.15) is 89.6 Å². The third kappa shape index (κ3) is 6.45. The van der Waals surface area contributed by atoms with Gasteiger partial charge in [-0.2, -0.15) is 0 Å². The highest BCUT2D eigenvalue weighted by molar-refractivity contribution is 6.26. The normalized spacial score (nSPS) is 14.7. The number of nitrogens with zero attached hydrogens (tertiary/aromatic N) is 1. The van der Waals surface area contributed by atoms with Crippen LogP contribution in [0, 0.1) is 0 Å². The summed E-state index contributed by atoms with van der Waals surface area (Å²) in [5.74, 6) is 0.907. The van der Waals surface area contributed by atoms with Crippen molar-refractivity contribution in [1.82, 2.24) is 0 Å². The van der Waals surface area contributed by atoms with Crippen molar-refractivity contribution >= 4 is 61.0 Å². The summed E-state index contributed by atoms with van der Waals surface area (Å²) in [5, 5.41) is 7.73. The summed E-state index contributed by atoms with van der Waals surface area (Å²) in [6.45, 7) is 9.06. The van der Waals surface area contributed by atoms with E-state index < -0.39 is 5.41 Å².